The van der Waals surface area contributed by atoms with Gasteiger partial charge in [0.25, 0.3) is 0 Å². The third-order valence-corrected chi connectivity index (χ3v) is 3.68. The van der Waals surface area contributed by atoms with Gasteiger partial charge in [-0.15, -0.1) is 11.3 Å². The van der Waals surface area contributed by atoms with Gasteiger partial charge in [0.1, 0.15) is 0 Å². The molecule has 1 unspecified atom stereocenters. The van der Waals surface area contributed by atoms with Crippen LogP contribution >= 0.6 is 11.3 Å². The van der Waals surface area contributed by atoms with Gasteiger partial charge in [-0.25, -0.2) is 0 Å². The summed E-state index contributed by atoms with van der Waals surface area (Å²) in [5, 5.41) is 2.07. The van der Waals surface area contributed by atoms with Crippen LogP contribution in [0.1, 0.15) is 35.4 Å². The fourth-order valence-electron chi connectivity index (χ4n) is 1.81. The highest BCUT2D eigenvalue weighted by Gasteiger charge is 2.08. The summed E-state index contributed by atoms with van der Waals surface area (Å²) in [5.41, 5.74) is 8.78. The molecule has 0 radical (unpaired) electrons. The van der Waals surface area contributed by atoms with Gasteiger partial charge in [0.05, 0.1) is 6.04 Å². The standard InChI is InChI=1S/C14H17NS/c1-2-4-11-6-8-12(9-7-11)14(15)13-5-3-10-16-13/h3,5-10,14H,2,4,15H2,1H3. The van der Waals surface area contributed by atoms with E-state index in [0.29, 0.717) is 0 Å². The molecule has 0 saturated heterocycles. The number of benzene rings is 1. The zero-order valence-electron chi connectivity index (χ0n) is 9.52. The molecule has 0 aliphatic rings. The van der Waals surface area contributed by atoms with E-state index in [1.54, 1.807) is 11.3 Å². The van der Waals surface area contributed by atoms with Crippen molar-refractivity contribution in [2.45, 2.75) is 25.8 Å². The molecular weight excluding hydrogens is 214 g/mol. The third-order valence-electron chi connectivity index (χ3n) is 2.73. The predicted molar refractivity (Wildman–Crippen MR) is 70.8 cm³/mol. The number of hydrogen-bond acceptors (Lipinski definition) is 2. The van der Waals surface area contributed by atoms with E-state index < -0.39 is 0 Å². The van der Waals surface area contributed by atoms with Crippen molar-refractivity contribution in [3.05, 3.63) is 57.8 Å². The first-order valence-electron chi connectivity index (χ1n) is 5.69. The second-order valence-electron chi connectivity index (χ2n) is 3.98. The maximum absolute atomic E-state index is 6.20. The summed E-state index contributed by atoms with van der Waals surface area (Å²) < 4.78 is 0. The Bertz CT molecular complexity index is 417. The molecule has 0 aliphatic carbocycles. The maximum atomic E-state index is 6.20. The number of rotatable bonds is 4. The minimum Gasteiger partial charge on any atom is -0.320 e. The highest BCUT2D eigenvalue weighted by Crippen LogP contribution is 2.23. The maximum Gasteiger partial charge on any atom is 0.0645 e. The van der Waals surface area contributed by atoms with Crippen molar-refractivity contribution in [1.82, 2.24) is 0 Å². The van der Waals surface area contributed by atoms with Crippen LogP contribution in [0.15, 0.2) is 41.8 Å². The summed E-state index contributed by atoms with van der Waals surface area (Å²) in [6, 6.07) is 12.8. The summed E-state index contributed by atoms with van der Waals surface area (Å²) >= 11 is 1.72. The van der Waals surface area contributed by atoms with Gasteiger partial charge in [0, 0.05) is 4.88 Å². The van der Waals surface area contributed by atoms with Crippen molar-refractivity contribution in [3.8, 4) is 0 Å². The normalized spacial score (nSPS) is 12.6. The molecule has 2 aromatic rings. The Morgan fingerprint density at radius 1 is 1.19 bits per heavy atom. The molecule has 0 aliphatic heterocycles. The fourth-order valence-corrected chi connectivity index (χ4v) is 2.57. The summed E-state index contributed by atoms with van der Waals surface area (Å²) in [6.45, 7) is 2.20. The van der Waals surface area contributed by atoms with Gasteiger partial charge in [-0.1, -0.05) is 43.7 Å². The number of thiophene rings is 1. The van der Waals surface area contributed by atoms with Crippen molar-refractivity contribution in [2.75, 3.05) is 0 Å². The molecule has 2 heteroatoms. The molecule has 2 N–H and O–H groups in total. The first-order valence-corrected chi connectivity index (χ1v) is 6.57. The smallest absolute Gasteiger partial charge is 0.0645 e. The van der Waals surface area contributed by atoms with E-state index in [-0.39, 0.29) is 6.04 Å². The second-order valence-corrected chi connectivity index (χ2v) is 4.96. The first kappa shape index (κ1) is 11.4. The first-order chi connectivity index (χ1) is 7.81. The largest absolute Gasteiger partial charge is 0.320 e. The van der Waals surface area contributed by atoms with Gasteiger partial charge in [-0.3, -0.25) is 0 Å². The van der Waals surface area contributed by atoms with Crippen molar-refractivity contribution < 1.29 is 0 Å². The lowest BCUT2D eigenvalue weighted by atomic mass is 10.0. The number of hydrogen-bond donors (Lipinski definition) is 1. The molecule has 1 heterocycles. The molecule has 0 fully saturated rings. The topological polar surface area (TPSA) is 26.0 Å². The lowest BCUT2D eigenvalue weighted by Crippen LogP contribution is -2.09. The van der Waals surface area contributed by atoms with Gasteiger partial charge in [-0.2, -0.15) is 0 Å². The van der Waals surface area contributed by atoms with Crippen LogP contribution in [0.4, 0.5) is 0 Å². The van der Waals surface area contributed by atoms with Crippen LogP contribution in [0.5, 0.6) is 0 Å². The Morgan fingerprint density at radius 2 is 1.94 bits per heavy atom. The zero-order chi connectivity index (χ0) is 11.4. The van der Waals surface area contributed by atoms with Crippen molar-refractivity contribution >= 4 is 11.3 Å². The summed E-state index contributed by atoms with van der Waals surface area (Å²) in [4.78, 5) is 1.23. The molecule has 1 aromatic heterocycles. The molecule has 16 heavy (non-hydrogen) atoms. The van der Waals surface area contributed by atoms with Gasteiger partial charge in [0.15, 0.2) is 0 Å². The van der Waals surface area contributed by atoms with Crippen molar-refractivity contribution in [2.24, 2.45) is 5.73 Å². The van der Waals surface area contributed by atoms with E-state index in [1.807, 2.05) is 6.07 Å². The molecule has 1 aromatic carbocycles. The van der Waals surface area contributed by atoms with Crippen LogP contribution in [0, 0.1) is 0 Å². The third kappa shape index (κ3) is 2.52. The molecule has 0 amide bonds. The lowest BCUT2D eigenvalue weighted by molar-refractivity contribution is 0.883. The second kappa shape index (κ2) is 5.28. The molecule has 0 spiro atoms. The van der Waals surface area contributed by atoms with Crippen LogP contribution in [0.3, 0.4) is 0 Å². The van der Waals surface area contributed by atoms with Crippen molar-refractivity contribution in [3.63, 3.8) is 0 Å². The number of nitrogens with two attached hydrogens (primary N) is 1. The fraction of sp³-hybridized carbons (Fsp3) is 0.286. The Labute approximate surface area is 101 Å². The minimum atomic E-state index is 0.0238. The molecule has 84 valence electrons. The SMILES string of the molecule is CCCc1ccc(C(N)c2cccs2)cc1. The van der Waals surface area contributed by atoms with Crippen LogP contribution < -0.4 is 5.73 Å². The van der Waals surface area contributed by atoms with Crippen LogP contribution in [0.25, 0.3) is 0 Å². The van der Waals surface area contributed by atoms with E-state index in [4.69, 9.17) is 5.73 Å². The Balaban J connectivity index is 2.15. The number of aryl methyl sites for hydroxylation is 1. The molecule has 1 nitrogen and oxygen atoms in total. The summed E-state index contributed by atoms with van der Waals surface area (Å²) in [7, 11) is 0. The van der Waals surface area contributed by atoms with E-state index in [2.05, 4.69) is 42.6 Å². The van der Waals surface area contributed by atoms with E-state index in [0.717, 1.165) is 6.42 Å². The van der Waals surface area contributed by atoms with Crippen LogP contribution in [0.2, 0.25) is 0 Å². The van der Waals surface area contributed by atoms with Crippen LogP contribution in [-0.4, -0.2) is 0 Å². The Morgan fingerprint density at radius 3 is 2.50 bits per heavy atom. The van der Waals surface area contributed by atoms with Gasteiger partial charge in [-0.05, 0) is 29.0 Å². The molecule has 0 saturated carbocycles. The average molecular weight is 231 g/mol. The van der Waals surface area contributed by atoms with Gasteiger partial charge >= 0.3 is 0 Å². The molecule has 0 bridgehead atoms. The van der Waals surface area contributed by atoms with Gasteiger partial charge < -0.3 is 5.73 Å². The highest BCUT2D eigenvalue weighted by atomic mass is 32.1. The minimum absolute atomic E-state index is 0.0238. The Hall–Kier alpha value is -1.12. The monoisotopic (exact) mass is 231 g/mol. The van der Waals surface area contributed by atoms with Crippen molar-refractivity contribution in [1.29, 1.82) is 0 Å². The molecular formula is C14H17NS. The molecule has 2 rings (SSSR count). The van der Waals surface area contributed by atoms with E-state index >= 15 is 0 Å². The quantitative estimate of drug-likeness (QED) is 0.852. The molecule has 1 atom stereocenters. The van der Waals surface area contributed by atoms with E-state index in [9.17, 15) is 0 Å². The predicted octanol–water partition coefficient (Wildman–Crippen LogP) is 3.75. The summed E-state index contributed by atoms with van der Waals surface area (Å²) in [6.07, 6.45) is 2.34. The zero-order valence-corrected chi connectivity index (χ0v) is 10.3. The average Bonchev–Trinajstić information content (AvgIpc) is 2.83. The highest BCUT2D eigenvalue weighted by molar-refractivity contribution is 7.10. The van der Waals surface area contributed by atoms with Gasteiger partial charge in [0.2, 0.25) is 0 Å². The summed E-state index contributed by atoms with van der Waals surface area (Å²) in [5.74, 6) is 0. The van der Waals surface area contributed by atoms with Crippen LogP contribution in [-0.2, 0) is 6.42 Å². The van der Waals surface area contributed by atoms with E-state index in [1.165, 1.54) is 22.4 Å². The lowest BCUT2D eigenvalue weighted by Gasteiger charge is -2.10. The Kier molecular flexibility index (Phi) is 3.75.